The van der Waals surface area contributed by atoms with Gasteiger partial charge in [-0.05, 0) is 53.8 Å². The zero-order valence-electron chi connectivity index (χ0n) is 18.6. The Morgan fingerprint density at radius 1 is 0.788 bits per heavy atom. The van der Waals surface area contributed by atoms with Crippen molar-refractivity contribution in [1.82, 2.24) is 15.1 Å². The van der Waals surface area contributed by atoms with Gasteiger partial charge in [-0.2, -0.15) is 0 Å². The third-order valence-corrected chi connectivity index (χ3v) is 6.10. The van der Waals surface area contributed by atoms with E-state index in [1.165, 1.54) is 29.8 Å². The number of benzene rings is 3. The van der Waals surface area contributed by atoms with E-state index in [1.807, 2.05) is 23.1 Å². The summed E-state index contributed by atoms with van der Waals surface area (Å²) < 4.78 is 27.0. The predicted molar refractivity (Wildman–Crippen MR) is 126 cm³/mol. The van der Waals surface area contributed by atoms with Crippen LogP contribution in [0.2, 0.25) is 0 Å². The molecule has 0 aliphatic carbocycles. The normalized spacial score (nSPS) is 14.5. The van der Waals surface area contributed by atoms with Crippen LogP contribution in [0.5, 0.6) is 0 Å². The van der Waals surface area contributed by atoms with E-state index in [9.17, 15) is 13.6 Å². The molecule has 1 heterocycles. The van der Waals surface area contributed by atoms with Gasteiger partial charge in [-0.25, -0.2) is 13.6 Å². The maximum atomic E-state index is 13.5. The molecular weight excluding hydrogens is 420 g/mol. The van der Waals surface area contributed by atoms with Crippen molar-refractivity contribution in [2.75, 3.05) is 32.7 Å². The van der Waals surface area contributed by atoms with Gasteiger partial charge in [0.1, 0.15) is 11.6 Å². The summed E-state index contributed by atoms with van der Waals surface area (Å²) in [6.07, 6.45) is 1.83. The minimum absolute atomic E-state index is 0.0390. The number of nitrogens with one attached hydrogen (secondary N) is 1. The molecular formula is C27H29F2N3O. The largest absolute Gasteiger partial charge is 0.338 e. The Labute approximate surface area is 193 Å². The molecule has 3 aromatic rings. The highest BCUT2D eigenvalue weighted by molar-refractivity contribution is 5.74. The molecule has 0 atom stereocenters. The molecule has 6 heteroatoms. The lowest BCUT2D eigenvalue weighted by atomic mass is 9.96. The lowest BCUT2D eigenvalue weighted by Crippen LogP contribution is -2.52. The van der Waals surface area contributed by atoms with Gasteiger partial charge >= 0.3 is 6.03 Å². The van der Waals surface area contributed by atoms with E-state index in [-0.39, 0.29) is 23.7 Å². The molecule has 1 saturated heterocycles. The van der Waals surface area contributed by atoms with E-state index in [2.05, 4.69) is 22.3 Å². The van der Waals surface area contributed by atoms with Crippen molar-refractivity contribution < 1.29 is 13.6 Å². The van der Waals surface area contributed by atoms with Crippen LogP contribution >= 0.6 is 0 Å². The summed E-state index contributed by atoms with van der Waals surface area (Å²) in [5, 5.41) is 3.03. The first-order chi connectivity index (χ1) is 16.1. The van der Waals surface area contributed by atoms with Crippen LogP contribution in [0.25, 0.3) is 0 Å². The maximum absolute atomic E-state index is 13.5. The number of piperazine rings is 1. The van der Waals surface area contributed by atoms with Crippen molar-refractivity contribution in [3.05, 3.63) is 107 Å². The second-order valence-corrected chi connectivity index (χ2v) is 8.35. The van der Waals surface area contributed by atoms with Crippen molar-refractivity contribution in [3.63, 3.8) is 0 Å². The predicted octanol–water partition coefficient (Wildman–Crippen LogP) is 5.01. The number of nitrogens with zero attached hydrogens (tertiary/aromatic N) is 2. The van der Waals surface area contributed by atoms with Gasteiger partial charge in [0, 0.05) is 32.7 Å². The molecule has 4 nitrogen and oxygen atoms in total. The Bertz CT molecular complexity index is 972. The molecule has 3 aromatic carbocycles. The minimum atomic E-state index is -0.287. The van der Waals surface area contributed by atoms with Crippen molar-refractivity contribution >= 4 is 6.03 Å². The zero-order valence-corrected chi connectivity index (χ0v) is 18.6. The van der Waals surface area contributed by atoms with Crippen molar-refractivity contribution in [2.45, 2.75) is 18.9 Å². The van der Waals surface area contributed by atoms with Gasteiger partial charge in [0.25, 0.3) is 0 Å². The molecule has 33 heavy (non-hydrogen) atoms. The molecule has 1 aliphatic heterocycles. The smallest absolute Gasteiger partial charge is 0.317 e. The summed E-state index contributed by atoms with van der Waals surface area (Å²) in [5.41, 5.74) is 3.16. The van der Waals surface area contributed by atoms with Gasteiger partial charge in [-0.1, -0.05) is 54.6 Å². The number of hydrogen-bond acceptors (Lipinski definition) is 2. The van der Waals surface area contributed by atoms with Gasteiger partial charge in [0.15, 0.2) is 0 Å². The lowest BCUT2D eigenvalue weighted by molar-refractivity contribution is 0.120. The average molecular weight is 450 g/mol. The highest BCUT2D eigenvalue weighted by atomic mass is 19.1. The molecule has 0 aromatic heterocycles. The number of rotatable bonds is 7. The topological polar surface area (TPSA) is 35.6 Å². The number of halogens is 2. The fraction of sp³-hybridized carbons (Fsp3) is 0.296. The molecule has 2 amide bonds. The highest BCUT2D eigenvalue weighted by Crippen LogP contribution is 2.30. The first-order valence-corrected chi connectivity index (χ1v) is 11.4. The van der Waals surface area contributed by atoms with E-state index in [0.29, 0.717) is 32.7 Å². The fourth-order valence-corrected chi connectivity index (χ4v) is 4.33. The third kappa shape index (κ3) is 6.17. The fourth-order valence-electron chi connectivity index (χ4n) is 4.33. The first-order valence-electron chi connectivity index (χ1n) is 11.4. The molecule has 0 bridgehead atoms. The summed E-state index contributed by atoms with van der Waals surface area (Å²) in [5.74, 6) is -0.573. The Kier molecular flexibility index (Phi) is 7.68. The van der Waals surface area contributed by atoms with Crippen LogP contribution in [0.1, 0.15) is 29.2 Å². The summed E-state index contributed by atoms with van der Waals surface area (Å²) >= 11 is 0. The van der Waals surface area contributed by atoms with Gasteiger partial charge in [0.2, 0.25) is 0 Å². The van der Waals surface area contributed by atoms with Crippen LogP contribution in [0.4, 0.5) is 13.6 Å². The van der Waals surface area contributed by atoms with E-state index < -0.39 is 0 Å². The van der Waals surface area contributed by atoms with Crippen LogP contribution in [0.15, 0.2) is 78.9 Å². The summed E-state index contributed by atoms with van der Waals surface area (Å²) in [6, 6.07) is 23.0. The Morgan fingerprint density at radius 2 is 1.33 bits per heavy atom. The lowest BCUT2D eigenvalue weighted by Gasteiger charge is -2.39. The standard InChI is InChI=1S/C27H29F2N3O/c28-24-12-8-22(9-13-24)26(23-10-14-25(29)15-11-23)31-17-19-32(20-18-31)27(33)30-16-4-7-21-5-2-1-3-6-21/h1-3,5-6,8-15,26H,4,7,16-20H2,(H,30,33). The van der Waals surface area contributed by atoms with E-state index in [1.54, 1.807) is 24.3 Å². The van der Waals surface area contributed by atoms with Gasteiger partial charge in [-0.3, -0.25) is 4.90 Å². The number of aryl methyl sites for hydroxylation is 1. The molecule has 0 unspecified atom stereocenters. The van der Waals surface area contributed by atoms with Gasteiger partial charge in [0.05, 0.1) is 6.04 Å². The van der Waals surface area contributed by atoms with Crippen LogP contribution in [0, 0.1) is 11.6 Å². The second kappa shape index (κ2) is 11.1. The summed E-state index contributed by atoms with van der Waals surface area (Å²) in [4.78, 5) is 16.7. The number of carbonyl (C=O) groups excluding carboxylic acids is 1. The van der Waals surface area contributed by atoms with Gasteiger partial charge in [-0.15, -0.1) is 0 Å². The second-order valence-electron chi connectivity index (χ2n) is 8.35. The molecule has 4 rings (SSSR count). The van der Waals surface area contributed by atoms with Crippen LogP contribution < -0.4 is 5.32 Å². The van der Waals surface area contributed by atoms with E-state index >= 15 is 0 Å². The van der Waals surface area contributed by atoms with Crippen molar-refractivity contribution in [3.8, 4) is 0 Å². The molecule has 1 aliphatic rings. The van der Waals surface area contributed by atoms with Crippen LogP contribution in [0.3, 0.4) is 0 Å². The van der Waals surface area contributed by atoms with Crippen LogP contribution in [-0.4, -0.2) is 48.6 Å². The first kappa shape index (κ1) is 22.9. The Hall–Kier alpha value is -3.25. The highest BCUT2D eigenvalue weighted by Gasteiger charge is 2.28. The van der Waals surface area contributed by atoms with E-state index in [4.69, 9.17) is 0 Å². The minimum Gasteiger partial charge on any atom is -0.338 e. The summed E-state index contributed by atoms with van der Waals surface area (Å²) in [7, 11) is 0. The monoisotopic (exact) mass is 449 g/mol. The number of carbonyl (C=O) groups is 1. The average Bonchev–Trinajstić information content (AvgIpc) is 2.85. The van der Waals surface area contributed by atoms with Crippen LogP contribution in [-0.2, 0) is 6.42 Å². The van der Waals surface area contributed by atoms with E-state index in [0.717, 1.165) is 24.0 Å². The SMILES string of the molecule is O=C(NCCCc1ccccc1)N1CCN(C(c2ccc(F)cc2)c2ccc(F)cc2)CC1. The molecule has 0 radical (unpaired) electrons. The maximum Gasteiger partial charge on any atom is 0.317 e. The Morgan fingerprint density at radius 3 is 1.88 bits per heavy atom. The van der Waals surface area contributed by atoms with Gasteiger partial charge < -0.3 is 10.2 Å². The van der Waals surface area contributed by atoms with Crippen molar-refractivity contribution in [2.24, 2.45) is 0 Å². The molecule has 1 N–H and O–H groups in total. The zero-order chi connectivity index (χ0) is 23.0. The number of hydrogen-bond donors (Lipinski definition) is 1. The molecule has 0 saturated carbocycles. The summed E-state index contributed by atoms with van der Waals surface area (Å²) in [6.45, 7) is 3.20. The quantitative estimate of drug-likeness (QED) is 0.515. The number of amides is 2. The number of urea groups is 1. The molecule has 0 spiro atoms. The Balaban J connectivity index is 1.33. The molecule has 172 valence electrons. The third-order valence-electron chi connectivity index (χ3n) is 6.10. The molecule has 1 fully saturated rings. The van der Waals surface area contributed by atoms with Crippen molar-refractivity contribution in [1.29, 1.82) is 0 Å².